The molecular weight excluding hydrogens is 368 g/mol. The molecule has 4 nitrogen and oxygen atoms in total. The zero-order valence-corrected chi connectivity index (χ0v) is 17.0. The summed E-state index contributed by atoms with van der Waals surface area (Å²) in [5, 5.41) is 0. The van der Waals surface area contributed by atoms with Crippen LogP contribution >= 0.6 is 13.5 Å². The van der Waals surface area contributed by atoms with Gasteiger partial charge in [0.25, 0.3) is 0 Å². The lowest BCUT2D eigenvalue weighted by molar-refractivity contribution is -0.147. The lowest BCUT2D eigenvalue weighted by Gasteiger charge is -2.30. The molecule has 28 heavy (non-hydrogen) atoms. The summed E-state index contributed by atoms with van der Waals surface area (Å²) in [7, 11) is 1.45. The molecule has 0 aliphatic carbocycles. The van der Waals surface area contributed by atoms with E-state index in [0.29, 0.717) is 19.5 Å². The van der Waals surface area contributed by atoms with Crippen LogP contribution in [0.2, 0.25) is 0 Å². The first kappa shape index (κ1) is 21.7. The van der Waals surface area contributed by atoms with Gasteiger partial charge in [0.1, 0.15) is 6.04 Å². The summed E-state index contributed by atoms with van der Waals surface area (Å²) in [6, 6.07) is 23.9. The van der Waals surface area contributed by atoms with Crippen LogP contribution in [0.15, 0.2) is 85.2 Å². The summed E-state index contributed by atoms with van der Waals surface area (Å²) < 4.78 is 5.14. The fraction of sp³-hybridized carbons (Fsp3) is 0.217. The summed E-state index contributed by atoms with van der Waals surface area (Å²) in [4.78, 5) is 19.0. The van der Waals surface area contributed by atoms with Crippen molar-refractivity contribution in [3.63, 3.8) is 0 Å². The highest BCUT2D eigenvalue weighted by molar-refractivity contribution is 7.59. The minimum atomic E-state index is -0.389. The van der Waals surface area contributed by atoms with Gasteiger partial charge in [-0.3, -0.25) is 14.7 Å². The summed E-state index contributed by atoms with van der Waals surface area (Å²) in [5.41, 5.74) is 3.33. The number of hydrogen-bond donors (Lipinski definition) is 0. The first-order chi connectivity index (χ1) is 13.3. The number of pyridine rings is 1. The van der Waals surface area contributed by atoms with E-state index in [1.54, 1.807) is 12.4 Å². The number of ether oxygens (including phenoxy) is 1. The molecule has 5 heteroatoms. The van der Waals surface area contributed by atoms with Gasteiger partial charge >= 0.3 is 5.97 Å². The summed E-state index contributed by atoms with van der Waals surface area (Å²) >= 11 is 0. The minimum absolute atomic E-state index is 0. The van der Waals surface area contributed by atoms with E-state index in [2.05, 4.69) is 34.1 Å². The maximum atomic E-state index is 12.7. The molecule has 3 aromatic rings. The lowest BCUT2D eigenvalue weighted by Crippen LogP contribution is -2.42. The first-order valence-corrected chi connectivity index (χ1v) is 9.05. The van der Waals surface area contributed by atoms with Crippen molar-refractivity contribution in [3.05, 3.63) is 102 Å². The number of hydrogen-bond acceptors (Lipinski definition) is 4. The molecule has 2 aromatic carbocycles. The van der Waals surface area contributed by atoms with Crippen LogP contribution in [0.1, 0.15) is 16.7 Å². The maximum Gasteiger partial charge on any atom is 0.323 e. The maximum absolute atomic E-state index is 12.7. The third-order valence-corrected chi connectivity index (χ3v) is 4.52. The highest BCUT2D eigenvalue weighted by Crippen LogP contribution is 2.18. The summed E-state index contributed by atoms with van der Waals surface area (Å²) in [6.45, 7) is 1.32. The van der Waals surface area contributed by atoms with Crippen molar-refractivity contribution in [2.45, 2.75) is 25.6 Å². The molecule has 1 atom stereocenters. The van der Waals surface area contributed by atoms with Gasteiger partial charge in [-0.05, 0) is 22.8 Å². The Bertz CT molecular complexity index is 787. The Hall–Kier alpha value is -2.63. The smallest absolute Gasteiger partial charge is 0.323 e. The zero-order valence-electron chi connectivity index (χ0n) is 16.0. The highest BCUT2D eigenvalue weighted by Gasteiger charge is 2.27. The van der Waals surface area contributed by atoms with E-state index in [0.717, 1.165) is 16.7 Å². The van der Waals surface area contributed by atoms with Gasteiger partial charge in [0.2, 0.25) is 0 Å². The third kappa shape index (κ3) is 6.22. The van der Waals surface area contributed by atoms with Gasteiger partial charge in [-0.15, -0.1) is 0 Å². The highest BCUT2D eigenvalue weighted by atomic mass is 32.1. The van der Waals surface area contributed by atoms with Crippen LogP contribution in [0.3, 0.4) is 0 Å². The van der Waals surface area contributed by atoms with Gasteiger partial charge in [-0.1, -0.05) is 66.7 Å². The Morgan fingerprint density at radius 1 is 0.893 bits per heavy atom. The Labute approximate surface area is 173 Å². The van der Waals surface area contributed by atoms with E-state index in [9.17, 15) is 4.79 Å². The quantitative estimate of drug-likeness (QED) is 0.542. The number of carbonyl (C=O) groups excluding carboxylic acids is 1. The Morgan fingerprint density at radius 3 is 1.89 bits per heavy atom. The molecule has 0 saturated carbocycles. The van der Waals surface area contributed by atoms with Gasteiger partial charge in [0, 0.05) is 31.9 Å². The van der Waals surface area contributed by atoms with E-state index in [4.69, 9.17) is 4.74 Å². The van der Waals surface area contributed by atoms with Crippen LogP contribution < -0.4 is 0 Å². The molecule has 0 spiro atoms. The number of benzene rings is 2. The van der Waals surface area contributed by atoms with Crippen LogP contribution in [0.5, 0.6) is 0 Å². The summed E-state index contributed by atoms with van der Waals surface area (Å²) in [6.07, 6.45) is 4.10. The molecule has 146 valence electrons. The average Bonchev–Trinajstić information content (AvgIpc) is 2.73. The van der Waals surface area contributed by atoms with Gasteiger partial charge < -0.3 is 4.74 Å². The number of aromatic nitrogens is 1. The predicted octanol–water partition coefficient (Wildman–Crippen LogP) is 3.98. The molecule has 0 aliphatic heterocycles. The van der Waals surface area contributed by atoms with Crippen molar-refractivity contribution >= 4 is 19.5 Å². The lowest BCUT2D eigenvalue weighted by atomic mass is 10.0. The molecule has 1 heterocycles. The van der Waals surface area contributed by atoms with Crippen LogP contribution in [-0.2, 0) is 29.0 Å². The van der Waals surface area contributed by atoms with Crippen LogP contribution in [-0.4, -0.2) is 29.0 Å². The fourth-order valence-corrected chi connectivity index (χ4v) is 3.15. The second kappa shape index (κ2) is 11.3. The molecule has 0 N–H and O–H groups in total. The van der Waals surface area contributed by atoms with Gasteiger partial charge in [-0.25, -0.2) is 0 Å². The van der Waals surface area contributed by atoms with Crippen LogP contribution in [0, 0.1) is 0 Å². The van der Waals surface area contributed by atoms with Crippen molar-refractivity contribution in [3.8, 4) is 0 Å². The topological polar surface area (TPSA) is 42.4 Å². The van der Waals surface area contributed by atoms with Gasteiger partial charge in [0.15, 0.2) is 0 Å². The average molecular weight is 395 g/mol. The number of rotatable bonds is 8. The number of nitrogens with zero attached hydrogens (tertiary/aromatic N) is 2. The fourth-order valence-electron chi connectivity index (χ4n) is 3.15. The van der Waals surface area contributed by atoms with Crippen molar-refractivity contribution < 1.29 is 9.53 Å². The monoisotopic (exact) mass is 394 g/mol. The van der Waals surface area contributed by atoms with E-state index in [1.165, 1.54) is 7.11 Å². The van der Waals surface area contributed by atoms with E-state index in [-0.39, 0.29) is 25.5 Å². The largest absolute Gasteiger partial charge is 0.468 e. The van der Waals surface area contributed by atoms with Crippen LogP contribution in [0.4, 0.5) is 0 Å². The van der Waals surface area contributed by atoms with E-state index < -0.39 is 0 Å². The second-order valence-electron chi connectivity index (χ2n) is 6.48. The molecular formula is C23H26N2O2S. The van der Waals surface area contributed by atoms with E-state index in [1.807, 2.05) is 48.5 Å². The SMILES string of the molecule is COC(=O)[C@H](Cc1cccnc1)N(Cc1ccccc1)Cc1ccccc1.S. The number of esters is 1. The standard InChI is InChI=1S/C23H24N2O2.H2S/c1-27-23(26)22(15-21-13-8-14-24-16-21)25(17-19-9-4-2-5-10-19)18-20-11-6-3-7-12-20;/h2-14,16,22H,15,17-18H2,1H3;1H2/t22-;/m0./s1. The molecule has 0 radical (unpaired) electrons. The second-order valence-corrected chi connectivity index (χ2v) is 6.48. The number of methoxy groups -OCH3 is 1. The first-order valence-electron chi connectivity index (χ1n) is 9.05. The number of carbonyl (C=O) groups is 1. The molecule has 0 bridgehead atoms. The molecule has 3 rings (SSSR count). The molecule has 0 unspecified atom stereocenters. The predicted molar refractivity (Wildman–Crippen MR) is 116 cm³/mol. The molecule has 0 amide bonds. The van der Waals surface area contributed by atoms with Crippen LogP contribution in [0.25, 0.3) is 0 Å². The minimum Gasteiger partial charge on any atom is -0.468 e. The Morgan fingerprint density at radius 2 is 1.43 bits per heavy atom. The Balaban J connectivity index is 0.00000280. The Kier molecular flexibility index (Phi) is 8.72. The van der Waals surface area contributed by atoms with Crippen molar-refractivity contribution in [2.75, 3.05) is 7.11 Å². The zero-order chi connectivity index (χ0) is 18.9. The molecule has 1 aromatic heterocycles. The van der Waals surface area contributed by atoms with Crippen molar-refractivity contribution in [2.24, 2.45) is 0 Å². The molecule has 0 aliphatic rings. The molecule has 0 fully saturated rings. The van der Waals surface area contributed by atoms with Crippen molar-refractivity contribution in [1.82, 2.24) is 9.88 Å². The van der Waals surface area contributed by atoms with Gasteiger partial charge in [0.05, 0.1) is 7.11 Å². The third-order valence-electron chi connectivity index (χ3n) is 4.52. The van der Waals surface area contributed by atoms with E-state index >= 15 is 0 Å². The summed E-state index contributed by atoms with van der Waals surface area (Å²) in [5.74, 6) is -0.231. The normalized spacial score (nSPS) is 11.5. The molecule has 0 saturated heterocycles. The van der Waals surface area contributed by atoms with Gasteiger partial charge in [-0.2, -0.15) is 13.5 Å². The van der Waals surface area contributed by atoms with Crippen molar-refractivity contribution in [1.29, 1.82) is 0 Å².